The summed E-state index contributed by atoms with van der Waals surface area (Å²) in [6, 6.07) is 24.1. The number of alkyl halides is 3. The average Bonchev–Trinajstić information content (AvgIpc) is 2.88. The fourth-order valence-electron chi connectivity index (χ4n) is 3.83. The molecule has 0 aliphatic heterocycles. The second kappa shape index (κ2) is 11.3. The molecule has 7 heteroatoms. The van der Waals surface area contributed by atoms with Gasteiger partial charge in [0.25, 0.3) is 0 Å². The Labute approximate surface area is 216 Å². The molecule has 0 saturated carbocycles. The molecule has 4 rings (SSSR count). The first-order valence-electron chi connectivity index (χ1n) is 11.7. The number of benzene rings is 4. The highest BCUT2D eigenvalue weighted by Gasteiger charge is 2.24. The number of rotatable bonds is 6. The van der Waals surface area contributed by atoms with E-state index in [9.17, 15) is 26.7 Å². The summed E-state index contributed by atoms with van der Waals surface area (Å²) in [5.41, 5.74) is 4.32. The number of aryl methyl sites for hydroxylation is 1. The Kier molecular flexibility index (Phi) is 7.92. The summed E-state index contributed by atoms with van der Waals surface area (Å²) in [6.45, 7) is 2.15. The summed E-state index contributed by atoms with van der Waals surface area (Å²) in [4.78, 5) is 12.4. The summed E-state index contributed by atoms with van der Waals surface area (Å²) in [6.07, 6.45) is -2.76. The van der Waals surface area contributed by atoms with Crippen LogP contribution in [-0.2, 0) is 6.42 Å². The van der Waals surface area contributed by atoms with Crippen LogP contribution >= 0.6 is 0 Å². The molecule has 0 aliphatic rings. The summed E-state index contributed by atoms with van der Waals surface area (Å²) in [5, 5.41) is 0. The standard InChI is InChI=1S/C31H21F5O2/c1-2-3-20-4-6-21(7-5-20)22-8-10-23(11-9-22)24-12-14-25(15-13-24)30(37)38-26-18-28(32)27(29(33)19-26)16-17-31(34,35)36/h4-15,18-19H,2-3H2,1H3. The van der Waals surface area contributed by atoms with Crippen molar-refractivity contribution in [1.82, 2.24) is 0 Å². The van der Waals surface area contributed by atoms with Crippen LogP contribution in [0, 0.1) is 23.5 Å². The van der Waals surface area contributed by atoms with Crippen LogP contribution in [0.1, 0.15) is 34.8 Å². The maximum absolute atomic E-state index is 14.1. The zero-order valence-corrected chi connectivity index (χ0v) is 20.2. The quantitative estimate of drug-likeness (QED) is 0.110. The van der Waals surface area contributed by atoms with Gasteiger partial charge in [-0.05, 0) is 46.4 Å². The van der Waals surface area contributed by atoms with Gasteiger partial charge in [-0.2, -0.15) is 13.2 Å². The molecule has 4 aromatic carbocycles. The van der Waals surface area contributed by atoms with Gasteiger partial charge in [0.15, 0.2) is 0 Å². The predicted molar refractivity (Wildman–Crippen MR) is 136 cm³/mol. The molecule has 192 valence electrons. The fraction of sp³-hybridized carbons (Fsp3) is 0.129. The number of halogens is 5. The average molecular weight is 520 g/mol. The van der Waals surface area contributed by atoms with Crippen molar-refractivity contribution >= 4 is 5.97 Å². The first-order valence-corrected chi connectivity index (χ1v) is 11.7. The lowest BCUT2D eigenvalue weighted by atomic mass is 9.98. The van der Waals surface area contributed by atoms with Gasteiger partial charge in [-0.15, -0.1) is 0 Å². The Morgan fingerprint density at radius 2 is 1.21 bits per heavy atom. The second-order valence-corrected chi connectivity index (χ2v) is 8.50. The summed E-state index contributed by atoms with van der Waals surface area (Å²) >= 11 is 0. The maximum Gasteiger partial charge on any atom is 0.458 e. The molecule has 0 heterocycles. The highest BCUT2D eigenvalue weighted by Crippen LogP contribution is 2.27. The summed E-state index contributed by atoms with van der Waals surface area (Å²) in [7, 11) is 0. The molecule has 0 bridgehead atoms. The molecule has 2 nitrogen and oxygen atoms in total. The van der Waals surface area contributed by atoms with Crippen molar-refractivity contribution in [3.63, 3.8) is 0 Å². The van der Waals surface area contributed by atoms with Gasteiger partial charge in [-0.25, -0.2) is 13.6 Å². The lowest BCUT2D eigenvalue weighted by Crippen LogP contribution is -2.09. The number of carbonyl (C=O) groups excluding carboxylic acids is 1. The summed E-state index contributed by atoms with van der Waals surface area (Å²) in [5.74, 6) is -1.91. The minimum atomic E-state index is -4.90. The van der Waals surface area contributed by atoms with Gasteiger partial charge >= 0.3 is 12.1 Å². The van der Waals surface area contributed by atoms with Crippen molar-refractivity contribution in [1.29, 1.82) is 0 Å². The van der Waals surface area contributed by atoms with Gasteiger partial charge in [0.05, 0.1) is 11.1 Å². The van der Waals surface area contributed by atoms with E-state index in [0.29, 0.717) is 12.1 Å². The number of hydrogen-bond donors (Lipinski definition) is 0. The van der Waals surface area contributed by atoms with E-state index in [2.05, 4.69) is 31.2 Å². The highest BCUT2D eigenvalue weighted by atomic mass is 19.4. The van der Waals surface area contributed by atoms with E-state index in [1.165, 1.54) is 23.6 Å². The Morgan fingerprint density at radius 1 is 0.763 bits per heavy atom. The molecule has 0 amide bonds. The van der Waals surface area contributed by atoms with Crippen LogP contribution in [0.4, 0.5) is 22.0 Å². The van der Waals surface area contributed by atoms with E-state index in [1.54, 1.807) is 12.1 Å². The van der Waals surface area contributed by atoms with E-state index < -0.39 is 35.1 Å². The molecule has 0 saturated heterocycles. The number of hydrogen-bond acceptors (Lipinski definition) is 2. The summed E-state index contributed by atoms with van der Waals surface area (Å²) < 4.78 is 69.8. The van der Waals surface area contributed by atoms with E-state index in [-0.39, 0.29) is 5.56 Å². The van der Waals surface area contributed by atoms with Crippen molar-refractivity contribution in [2.75, 3.05) is 0 Å². The van der Waals surface area contributed by atoms with Crippen LogP contribution in [0.25, 0.3) is 22.3 Å². The van der Waals surface area contributed by atoms with Crippen molar-refractivity contribution in [3.8, 4) is 39.8 Å². The topological polar surface area (TPSA) is 26.3 Å². The zero-order valence-electron chi connectivity index (χ0n) is 20.2. The number of carbonyl (C=O) groups is 1. The van der Waals surface area contributed by atoms with Gasteiger partial charge in [0, 0.05) is 18.1 Å². The van der Waals surface area contributed by atoms with Crippen LogP contribution in [-0.4, -0.2) is 12.1 Å². The van der Waals surface area contributed by atoms with Gasteiger partial charge in [0.2, 0.25) is 0 Å². The minimum absolute atomic E-state index is 0.124. The molecule has 0 fully saturated rings. The monoisotopic (exact) mass is 520 g/mol. The van der Waals surface area contributed by atoms with Crippen LogP contribution in [0.5, 0.6) is 5.75 Å². The van der Waals surface area contributed by atoms with E-state index in [1.807, 2.05) is 24.3 Å². The lowest BCUT2D eigenvalue weighted by molar-refractivity contribution is -0.0696. The molecule has 0 spiro atoms. The Hall–Kier alpha value is -4.44. The van der Waals surface area contributed by atoms with Crippen LogP contribution in [0.15, 0.2) is 84.9 Å². The molecular weight excluding hydrogens is 499 g/mol. The molecule has 0 aromatic heterocycles. The smallest absolute Gasteiger partial charge is 0.423 e. The van der Waals surface area contributed by atoms with E-state index >= 15 is 0 Å². The third kappa shape index (κ3) is 6.65. The van der Waals surface area contributed by atoms with Gasteiger partial charge in [0.1, 0.15) is 17.4 Å². The SMILES string of the molecule is CCCc1ccc(-c2ccc(-c3ccc(C(=O)Oc4cc(F)c(C#CC(F)(F)F)c(F)c4)cc3)cc2)cc1. The number of esters is 1. The Balaban J connectivity index is 1.44. The third-order valence-electron chi connectivity index (χ3n) is 5.72. The molecule has 4 aromatic rings. The van der Waals surface area contributed by atoms with Crippen molar-refractivity contribution in [2.24, 2.45) is 0 Å². The maximum atomic E-state index is 14.1. The molecule has 0 atom stereocenters. The van der Waals surface area contributed by atoms with Crippen molar-refractivity contribution in [3.05, 3.63) is 113 Å². The zero-order chi connectivity index (χ0) is 27.3. The van der Waals surface area contributed by atoms with Crippen molar-refractivity contribution < 1.29 is 31.5 Å². The van der Waals surface area contributed by atoms with Crippen molar-refractivity contribution in [2.45, 2.75) is 25.9 Å². The Bertz CT molecular complexity index is 1470. The third-order valence-corrected chi connectivity index (χ3v) is 5.72. The molecule has 0 unspecified atom stereocenters. The van der Waals surface area contributed by atoms with E-state index in [0.717, 1.165) is 41.0 Å². The molecule has 0 radical (unpaired) electrons. The van der Waals surface area contributed by atoms with Crippen LogP contribution < -0.4 is 4.74 Å². The highest BCUT2D eigenvalue weighted by molar-refractivity contribution is 5.91. The number of ether oxygens (including phenoxy) is 1. The molecule has 0 N–H and O–H groups in total. The largest absolute Gasteiger partial charge is 0.458 e. The van der Waals surface area contributed by atoms with Gasteiger partial charge in [-0.3, -0.25) is 0 Å². The molecular formula is C31H21F5O2. The normalized spacial score (nSPS) is 11.0. The molecule has 0 aliphatic carbocycles. The lowest BCUT2D eigenvalue weighted by Gasteiger charge is -2.08. The fourth-order valence-corrected chi connectivity index (χ4v) is 3.83. The van der Waals surface area contributed by atoms with Crippen LogP contribution in [0.3, 0.4) is 0 Å². The first kappa shape index (κ1) is 26.6. The van der Waals surface area contributed by atoms with Crippen LogP contribution in [0.2, 0.25) is 0 Å². The Morgan fingerprint density at radius 3 is 1.66 bits per heavy atom. The first-order chi connectivity index (χ1) is 18.1. The second-order valence-electron chi connectivity index (χ2n) is 8.50. The van der Waals surface area contributed by atoms with Gasteiger partial charge in [-0.1, -0.05) is 79.9 Å². The predicted octanol–water partition coefficient (Wildman–Crippen LogP) is 8.38. The minimum Gasteiger partial charge on any atom is -0.423 e. The molecule has 38 heavy (non-hydrogen) atoms. The van der Waals surface area contributed by atoms with E-state index in [4.69, 9.17) is 4.74 Å². The van der Waals surface area contributed by atoms with Gasteiger partial charge < -0.3 is 4.74 Å².